The molecule has 0 bridgehead atoms. The number of likely N-dealkylation sites (tertiary alicyclic amines) is 1. The molecule has 1 aromatic carbocycles. The SMILES string of the molecule is C#C.C#C.C#C.CC.CC.CCCN1CCCCC1.CNC(=O)NC1=CCC=CC(C/C(=N/N)N(C)N)=C1.Cc1ccc(F)cc1. The number of amidine groups is 1. The summed E-state index contributed by atoms with van der Waals surface area (Å²) in [5.41, 5.74) is 2.78. The van der Waals surface area contributed by atoms with Gasteiger partial charge in [-0.25, -0.2) is 15.0 Å². The predicted molar refractivity (Wildman–Crippen MR) is 200 cm³/mol. The quantitative estimate of drug-likeness (QED) is 0.0914. The van der Waals surface area contributed by atoms with Gasteiger partial charge in [-0.3, -0.25) is 5.01 Å². The van der Waals surface area contributed by atoms with Crippen molar-refractivity contribution in [1.29, 1.82) is 0 Å². The smallest absolute Gasteiger partial charge is 0.318 e. The first-order valence-corrected chi connectivity index (χ1v) is 15.5. The van der Waals surface area contributed by atoms with Gasteiger partial charge in [0, 0.05) is 26.2 Å². The first-order chi connectivity index (χ1) is 22.3. The highest BCUT2D eigenvalue weighted by Crippen LogP contribution is 2.14. The van der Waals surface area contributed by atoms with Gasteiger partial charge >= 0.3 is 6.03 Å². The molecule has 1 aromatic rings. The Hall–Kier alpha value is -4.49. The second kappa shape index (κ2) is 40.5. The van der Waals surface area contributed by atoms with Crippen LogP contribution in [0.3, 0.4) is 0 Å². The van der Waals surface area contributed by atoms with Crippen LogP contribution in [0.25, 0.3) is 0 Å². The minimum atomic E-state index is -0.257. The van der Waals surface area contributed by atoms with Gasteiger partial charge in [-0.15, -0.1) is 38.5 Å². The topological polar surface area (TPSA) is 112 Å². The molecule has 1 aliphatic carbocycles. The second-order valence-electron chi connectivity index (χ2n) is 8.75. The number of amides is 2. The van der Waals surface area contributed by atoms with E-state index in [1.54, 1.807) is 26.2 Å². The fourth-order valence-corrected chi connectivity index (χ4v) is 3.59. The highest BCUT2D eigenvalue weighted by Gasteiger charge is 2.09. The lowest BCUT2D eigenvalue weighted by molar-refractivity contribution is 0.229. The number of allylic oxidation sites excluding steroid dienone is 4. The van der Waals surface area contributed by atoms with Crippen molar-refractivity contribution in [2.24, 2.45) is 16.8 Å². The lowest BCUT2D eigenvalue weighted by Crippen LogP contribution is -2.34. The minimum Gasteiger partial charge on any atom is -0.341 e. The Morgan fingerprint density at radius 3 is 1.93 bits per heavy atom. The Balaban J connectivity index is -0.000000174. The van der Waals surface area contributed by atoms with Crippen LogP contribution in [0.2, 0.25) is 0 Å². The van der Waals surface area contributed by atoms with Crippen molar-refractivity contribution in [2.75, 3.05) is 33.7 Å². The maximum atomic E-state index is 12.1. The van der Waals surface area contributed by atoms with Crippen LogP contribution >= 0.6 is 0 Å². The highest BCUT2D eigenvalue weighted by molar-refractivity contribution is 5.84. The molecule has 46 heavy (non-hydrogen) atoms. The Morgan fingerprint density at radius 1 is 1.00 bits per heavy atom. The molecule has 9 heteroatoms. The van der Waals surface area contributed by atoms with Crippen molar-refractivity contribution in [3.05, 3.63) is 71.2 Å². The molecule has 0 atom stereocenters. The number of benzene rings is 1. The third-order valence-corrected chi connectivity index (χ3v) is 5.55. The Bertz CT molecular complexity index is 976. The minimum absolute atomic E-state index is 0.171. The van der Waals surface area contributed by atoms with Gasteiger partial charge in [0.05, 0.1) is 0 Å². The van der Waals surface area contributed by atoms with E-state index in [0.717, 1.165) is 23.3 Å². The maximum Gasteiger partial charge on any atom is 0.318 e. The Morgan fingerprint density at radius 2 is 1.52 bits per heavy atom. The molecule has 258 valence electrons. The van der Waals surface area contributed by atoms with Crippen LogP contribution in [0.5, 0.6) is 0 Å². The van der Waals surface area contributed by atoms with Gasteiger partial charge in [-0.05, 0) is 76.0 Å². The summed E-state index contributed by atoms with van der Waals surface area (Å²) in [4.78, 5) is 13.9. The zero-order valence-corrected chi connectivity index (χ0v) is 29.7. The summed E-state index contributed by atoms with van der Waals surface area (Å²) < 4.78 is 12.1. The summed E-state index contributed by atoms with van der Waals surface area (Å²) in [7, 11) is 3.24. The Labute approximate surface area is 281 Å². The van der Waals surface area contributed by atoms with E-state index in [1.807, 2.05) is 58.9 Å². The maximum absolute atomic E-state index is 12.1. The number of terminal acetylenes is 3. The number of aryl methyl sites for hydroxylation is 1. The summed E-state index contributed by atoms with van der Waals surface area (Å²) in [5.74, 6) is 11.3. The van der Waals surface area contributed by atoms with E-state index in [2.05, 4.69) is 66.1 Å². The number of urea groups is 1. The molecule has 0 spiro atoms. The van der Waals surface area contributed by atoms with Crippen LogP contribution in [-0.4, -0.2) is 55.5 Å². The van der Waals surface area contributed by atoms with Gasteiger partial charge in [0.2, 0.25) is 0 Å². The standard InChI is InChI=1S/C12H20N6O.C8H17N.C7H7F.2C2H6.3C2H2/c1-15-12(19)16-10-6-4-3-5-9(7-10)8-11(17-13)18(2)14;1-2-6-9-7-4-3-5-8-9;1-6-2-4-7(8)5-3-6;5*1-2/h3,5-7H,4,8,13-14H2,1-2H3,(H2,15,16,19);2-8H2,1H3;2-5H,1H3;2*1-2H3;3*1-2H/b17-11-;;;;;;;. The van der Waals surface area contributed by atoms with E-state index in [-0.39, 0.29) is 11.8 Å². The normalized spacial score (nSPS) is 12.7. The molecule has 6 N–H and O–H groups in total. The van der Waals surface area contributed by atoms with Crippen LogP contribution in [-0.2, 0) is 0 Å². The molecule has 1 heterocycles. The second-order valence-corrected chi connectivity index (χ2v) is 8.75. The number of hydrazone groups is 1. The lowest BCUT2D eigenvalue weighted by atomic mass is 10.1. The third kappa shape index (κ3) is 31.0. The van der Waals surface area contributed by atoms with Gasteiger partial charge < -0.3 is 21.4 Å². The predicted octanol–water partition coefficient (Wildman–Crippen LogP) is 6.97. The fourth-order valence-electron chi connectivity index (χ4n) is 3.59. The highest BCUT2D eigenvalue weighted by atomic mass is 19.1. The molecule has 1 fully saturated rings. The molecular formula is C37H62FN7O. The fraction of sp³-hybridized carbons (Fsp3) is 0.459. The summed E-state index contributed by atoms with van der Waals surface area (Å²) >= 11 is 0. The number of hydrogen-bond acceptors (Lipinski definition) is 5. The summed E-state index contributed by atoms with van der Waals surface area (Å²) in [6, 6.07) is 6.14. The zero-order valence-electron chi connectivity index (χ0n) is 29.7. The van der Waals surface area contributed by atoms with Crippen molar-refractivity contribution in [3.8, 4) is 38.5 Å². The number of hydrazine groups is 1. The molecule has 8 nitrogen and oxygen atoms in total. The first-order valence-electron chi connectivity index (χ1n) is 15.5. The van der Waals surface area contributed by atoms with Crippen LogP contribution < -0.4 is 22.3 Å². The molecular weight excluding hydrogens is 577 g/mol. The van der Waals surface area contributed by atoms with Crippen molar-refractivity contribution in [1.82, 2.24) is 20.5 Å². The monoisotopic (exact) mass is 639 g/mol. The summed E-state index contributed by atoms with van der Waals surface area (Å²) in [5, 5.41) is 10.3. The molecule has 2 amide bonds. The molecule has 2 aliphatic rings. The van der Waals surface area contributed by atoms with Crippen LogP contribution in [0.1, 0.15) is 78.7 Å². The number of halogens is 1. The van der Waals surface area contributed by atoms with E-state index in [1.165, 1.54) is 62.5 Å². The van der Waals surface area contributed by atoms with Crippen molar-refractivity contribution in [3.63, 3.8) is 0 Å². The zero-order chi connectivity index (χ0) is 36.8. The molecule has 0 saturated carbocycles. The van der Waals surface area contributed by atoms with Gasteiger partial charge in [-0.2, -0.15) is 5.10 Å². The van der Waals surface area contributed by atoms with Gasteiger partial charge in [0.25, 0.3) is 0 Å². The average Bonchev–Trinajstić information content (AvgIpc) is 3.35. The summed E-state index contributed by atoms with van der Waals surface area (Å²) in [6.07, 6.45) is 38.6. The summed E-state index contributed by atoms with van der Waals surface area (Å²) in [6.45, 7) is 16.2. The number of nitrogens with one attached hydrogen (secondary N) is 2. The van der Waals surface area contributed by atoms with Gasteiger partial charge in [-0.1, -0.05) is 77.0 Å². The number of carbonyl (C=O) groups excluding carboxylic acids is 1. The van der Waals surface area contributed by atoms with E-state index in [9.17, 15) is 9.18 Å². The van der Waals surface area contributed by atoms with Crippen LogP contribution in [0.4, 0.5) is 9.18 Å². The number of carbonyl (C=O) groups is 1. The number of hydrogen-bond donors (Lipinski definition) is 4. The van der Waals surface area contributed by atoms with Gasteiger partial charge in [0.15, 0.2) is 0 Å². The third-order valence-electron chi connectivity index (χ3n) is 5.55. The number of piperidine rings is 1. The number of nitrogens with two attached hydrogens (primary N) is 2. The van der Waals surface area contributed by atoms with Crippen molar-refractivity contribution in [2.45, 2.75) is 80.1 Å². The first kappa shape index (κ1) is 51.1. The van der Waals surface area contributed by atoms with Crippen molar-refractivity contribution < 1.29 is 9.18 Å². The van der Waals surface area contributed by atoms with Crippen LogP contribution in [0.15, 0.2) is 64.9 Å². The molecule has 1 aliphatic heterocycles. The number of nitrogens with zero attached hydrogens (tertiary/aromatic N) is 3. The molecule has 3 rings (SSSR count). The van der Waals surface area contributed by atoms with Crippen molar-refractivity contribution >= 4 is 11.9 Å². The molecule has 0 aromatic heterocycles. The molecule has 0 radical (unpaired) electrons. The number of rotatable bonds is 5. The van der Waals surface area contributed by atoms with E-state index in [4.69, 9.17) is 11.7 Å². The van der Waals surface area contributed by atoms with Gasteiger partial charge in [0.1, 0.15) is 11.7 Å². The molecule has 1 saturated heterocycles. The lowest BCUT2D eigenvalue weighted by Gasteiger charge is -2.25. The average molecular weight is 640 g/mol. The largest absolute Gasteiger partial charge is 0.341 e. The van der Waals surface area contributed by atoms with E-state index < -0.39 is 0 Å². The van der Waals surface area contributed by atoms with E-state index >= 15 is 0 Å². The Kier molecular flexibility index (Phi) is 45.0. The van der Waals surface area contributed by atoms with E-state index in [0.29, 0.717) is 12.3 Å². The van der Waals surface area contributed by atoms with Crippen LogP contribution in [0, 0.1) is 51.3 Å². The molecule has 0 unspecified atom stereocenters.